The van der Waals surface area contributed by atoms with E-state index in [1.807, 2.05) is 12.3 Å². The first-order valence-electron chi connectivity index (χ1n) is 16.2. The summed E-state index contributed by atoms with van der Waals surface area (Å²) in [5.74, 6) is 0.882. The Labute approximate surface area is 277 Å². The highest BCUT2D eigenvalue weighted by Crippen LogP contribution is 2.33. The summed E-state index contributed by atoms with van der Waals surface area (Å²) in [4.78, 5) is 10.1. The molecule has 0 bridgehead atoms. The van der Waals surface area contributed by atoms with Crippen LogP contribution in [-0.2, 0) is 0 Å². The maximum Gasteiger partial charge on any atom is 0.227 e. The topological polar surface area (TPSA) is 48.3 Å². The molecule has 0 aliphatic heterocycles. The van der Waals surface area contributed by atoms with Crippen molar-refractivity contribution in [2.45, 2.75) is 0 Å². The van der Waals surface area contributed by atoms with Gasteiger partial charge in [-0.2, -0.15) is 0 Å². The summed E-state index contributed by atoms with van der Waals surface area (Å²) in [6.07, 6.45) is 2.05. The lowest BCUT2D eigenvalue weighted by atomic mass is 10.1. The molecule has 0 aliphatic carbocycles. The second kappa shape index (κ2) is 10.4. The third kappa shape index (κ3) is 3.78. The Bertz CT molecular complexity index is 2690. The Morgan fingerprint density at radius 2 is 1.08 bits per heavy atom. The summed E-state index contributed by atoms with van der Waals surface area (Å²) < 4.78 is 10.9. The van der Waals surface area contributed by atoms with Crippen molar-refractivity contribution in [3.8, 4) is 5.69 Å². The van der Waals surface area contributed by atoms with E-state index in [1.54, 1.807) is 0 Å². The van der Waals surface area contributed by atoms with E-state index in [1.165, 1.54) is 20.7 Å². The number of hydrogen-bond donors (Lipinski definition) is 0. The van der Waals surface area contributed by atoms with Crippen molar-refractivity contribution in [2.24, 2.45) is 0 Å². The molecular weight excluding hydrogens is 605 g/mol. The van der Waals surface area contributed by atoms with Gasteiger partial charge in [-0.05, 0) is 69.3 Å². The molecule has 6 heteroatoms. The number of furan rings is 1. The SMILES string of the molecule is c1ccc([Si](c2ccccc2)(c2ccccc2)c2cnc3oc4ccc(-n5c6ccccc6n6c7ccccc7nc56)cc4c3c2)cc1. The Morgan fingerprint density at radius 3 is 1.75 bits per heavy atom. The van der Waals surface area contributed by atoms with Crippen molar-refractivity contribution in [1.29, 1.82) is 0 Å². The fraction of sp³-hybridized carbons (Fsp3) is 0. The summed E-state index contributed by atoms with van der Waals surface area (Å²) in [5, 5.41) is 7.17. The van der Waals surface area contributed by atoms with Crippen LogP contribution in [-0.4, -0.2) is 27.0 Å². The lowest BCUT2D eigenvalue weighted by Crippen LogP contribution is -2.74. The van der Waals surface area contributed by atoms with Crippen molar-refractivity contribution < 1.29 is 4.42 Å². The van der Waals surface area contributed by atoms with Gasteiger partial charge in [0.1, 0.15) is 5.58 Å². The van der Waals surface area contributed by atoms with Gasteiger partial charge in [0.05, 0.1) is 27.8 Å². The van der Waals surface area contributed by atoms with E-state index in [0.717, 1.165) is 49.9 Å². The van der Waals surface area contributed by atoms with Gasteiger partial charge in [0, 0.05) is 17.0 Å². The molecule has 10 aromatic rings. The van der Waals surface area contributed by atoms with Gasteiger partial charge in [-0.1, -0.05) is 115 Å². The lowest BCUT2D eigenvalue weighted by molar-refractivity contribution is 0.654. The van der Waals surface area contributed by atoms with Crippen LogP contribution in [0.1, 0.15) is 0 Å². The van der Waals surface area contributed by atoms with Crippen LogP contribution in [0.3, 0.4) is 0 Å². The first-order chi connectivity index (χ1) is 23.8. The molecule has 0 aliphatic rings. The van der Waals surface area contributed by atoms with Gasteiger partial charge in [-0.3, -0.25) is 8.97 Å². The Kier molecular flexibility index (Phi) is 5.83. The second-order valence-corrected chi connectivity index (χ2v) is 16.1. The smallest absolute Gasteiger partial charge is 0.227 e. The fourth-order valence-electron chi connectivity index (χ4n) is 7.66. The number of rotatable bonds is 5. The maximum atomic E-state index is 6.41. The molecule has 5 nitrogen and oxygen atoms in total. The predicted octanol–water partition coefficient (Wildman–Crippen LogP) is 7.10. The van der Waals surface area contributed by atoms with E-state index in [0.29, 0.717) is 5.71 Å². The minimum absolute atomic E-state index is 0.636. The largest absolute Gasteiger partial charge is 0.438 e. The summed E-state index contributed by atoms with van der Waals surface area (Å²) in [6, 6.07) is 58.4. The molecule has 10 rings (SSSR count). The molecule has 0 unspecified atom stereocenters. The zero-order chi connectivity index (χ0) is 31.7. The van der Waals surface area contributed by atoms with Gasteiger partial charge in [-0.25, -0.2) is 9.97 Å². The van der Waals surface area contributed by atoms with Crippen molar-refractivity contribution in [1.82, 2.24) is 18.9 Å². The number of pyridine rings is 1. The third-order valence-corrected chi connectivity index (χ3v) is 14.5. The number of para-hydroxylation sites is 4. The monoisotopic (exact) mass is 632 g/mol. The number of benzene rings is 6. The van der Waals surface area contributed by atoms with E-state index in [-0.39, 0.29) is 0 Å². The summed E-state index contributed by atoms with van der Waals surface area (Å²) in [6.45, 7) is 0. The summed E-state index contributed by atoms with van der Waals surface area (Å²) in [7, 11) is -2.76. The van der Waals surface area contributed by atoms with Gasteiger partial charge < -0.3 is 4.42 Å². The first-order valence-corrected chi connectivity index (χ1v) is 18.2. The van der Waals surface area contributed by atoms with Crippen LogP contribution in [0.15, 0.2) is 174 Å². The number of aromatic nitrogens is 4. The number of fused-ring (bicyclic) bond motifs is 8. The molecule has 0 spiro atoms. The normalized spacial score (nSPS) is 12.2. The molecule has 0 amide bonds. The van der Waals surface area contributed by atoms with Crippen LogP contribution in [0.25, 0.3) is 55.6 Å². The molecule has 0 fully saturated rings. The first kappa shape index (κ1) is 26.9. The van der Waals surface area contributed by atoms with Crippen molar-refractivity contribution >= 4 is 78.7 Å². The average molecular weight is 633 g/mol. The summed E-state index contributed by atoms with van der Waals surface area (Å²) >= 11 is 0. The van der Waals surface area contributed by atoms with E-state index in [4.69, 9.17) is 14.4 Å². The van der Waals surface area contributed by atoms with Gasteiger partial charge in [0.15, 0.2) is 8.07 Å². The molecule has 4 aromatic heterocycles. The van der Waals surface area contributed by atoms with Crippen LogP contribution in [0.4, 0.5) is 0 Å². The highest BCUT2D eigenvalue weighted by molar-refractivity contribution is 7.19. The van der Waals surface area contributed by atoms with Gasteiger partial charge in [0.2, 0.25) is 11.5 Å². The molecule has 0 saturated heterocycles. The van der Waals surface area contributed by atoms with E-state index < -0.39 is 8.07 Å². The van der Waals surface area contributed by atoms with Crippen LogP contribution >= 0.6 is 0 Å². The van der Waals surface area contributed by atoms with E-state index in [9.17, 15) is 0 Å². The van der Waals surface area contributed by atoms with E-state index >= 15 is 0 Å². The standard InChI is InChI=1S/C42H28N4OSi/c1-4-14-30(15-5-1)48(31-16-6-2-7-17-31,32-18-8-3-9-19-32)33-27-35-34-26-29(24-25-40(34)47-41(35)43-28-33)45-38-22-12-13-23-39(38)46-37-21-11-10-20-36(37)44-42(45)46/h1-28H. The molecule has 4 heterocycles. The fourth-order valence-corrected chi connectivity index (χ4v) is 12.4. The number of hydrogen-bond acceptors (Lipinski definition) is 3. The number of nitrogens with zero attached hydrogens (tertiary/aromatic N) is 4. The number of imidazole rings is 2. The van der Waals surface area contributed by atoms with Crippen molar-refractivity contribution in [3.63, 3.8) is 0 Å². The quantitative estimate of drug-likeness (QED) is 0.150. The Morgan fingerprint density at radius 1 is 0.500 bits per heavy atom. The van der Waals surface area contributed by atoms with Crippen molar-refractivity contribution in [2.75, 3.05) is 0 Å². The van der Waals surface area contributed by atoms with Crippen LogP contribution in [0.2, 0.25) is 0 Å². The Hall–Kier alpha value is -6.24. The molecule has 0 saturated carbocycles. The van der Waals surface area contributed by atoms with Crippen molar-refractivity contribution in [3.05, 3.63) is 170 Å². The van der Waals surface area contributed by atoms with Crippen LogP contribution < -0.4 is 20.7 Å². The zero-order valence-electron chi connectivity index (χ0n) is 25.9. The molecule has 48 heavy (non-hydrogen) atoms. The predicted molar refractivity (Wildman–Crippen MR) is 198 cm³/mol. The van der Waals surface area contributed by atoms with Gasteiger partial charge in [-0.15, -0.1) is 0 Å². The molecule has 0 radical (unpaired) electrons. The second-order valence-electron chi connectivity index (χ2n) is 12.3. The highest BCUT2D eigenvalue weighted by Gasteiger charge is 2.42. The van der Waals surface area contributed by atoms with Gasteiger partial charge >= 0.3 is 0 Å². The van der Waals surface area contributed by atoms with Crippen LogP contribution in [0.5, 0.6) is 0 Å². The minimum atomic E-state index is -2.76. The van der Waals surface area contributed by atoms with E-state index in [2.05, 4.69) is 167 Å². The molecule has 0 N–H and O–H groups in total. The molecule has 6 aromatic carbocycles. The minimum Gasteiger partial charge on any atom is -0.438 e. The highest BCUT2D eigenvalue weighted by atomic mass is 28.3. The Balaban J connectivity index is 1.26. The lowest BCUT2D eigenvalue weighted by Gasteiger charge is -2.34. The third-order valence-electron chi connectivity index (χ3n) is 9.73. The molecule has 0 atom stereocenters. The van der Waals surface area contributed by atoms with Gasteiger partial charge in [0.25, 0.3) is 0 Å². The maximum absolute atomic E-state index is 6.41. The summed E-state index contributed by atoms with van der Waals surface area (Å²) in [5.41, 5.74) is 6.75. The molecule has 226 valence electrons. The van der Waals surface area contributed by atoms with Crippen LogP contribution in [0, 0.1) is 0 Å². The average Bonchev–Trinajstić information content (AvgIpc) is 3.82. The zero-order valence-corrected chi connectivity index (χ0v) is 26.9. The molecular formula is C42H28N4OSi.